The van der Waals surface area contributed by atoms with E-state index in [9.17, 15) is 14.7 Å². The number of carboxylic acids is 1. The molecule has 2 atom stereocenters. The summed E-state index contributed by atoms with van der Waals surface area (Å²) in [6.45, 7) is 4.66. The lowest BCUT2D eigenvalue weighted by molar-refractivity contribution is -0.144. The second-order valence-electron chi connectivity index (χ2n) is 4.63. The molecule has 21 heavy (non-hydrogen) atoms. The Kier molecular flexibility index (Phi) is 4.67. The fraction of sp³-hybridized carbons (Fsp3) is 0.467. The molecule has 6 nitrogen and oxygen atoms in total. The number of carboxylic acid groups (broad SMARTS) is 1. The van der Waals surface area contributed by atoms with Crippen molar-refractivity contribution in [2.75, 3.05) is 13.2 Å². The molecule has 1 aliphatic heterocycles. The van der Waals surface area contributed by atoms with Gasteiger partial charge in [-0.3, -0.25) is 9.59 Å². The monoisotopic (exact) mass is 294 g/mol. The number of aliphatic carboxylic acids is 1. The first-order valence-corrected chi connectivity index (χ1v) is 6.88. The lowest BCUT2D eigenvalue weighted by atomic mass is 9.95. The zero-order valence-corrected chi connectivity index (χ0v) is 12.0. The standard InChI is InChI=1S/C15H18O6/c1-3-19-11-6-5-9(7-12(11)20-4-2)14-10(15(17)18)8-13(16)21-14/h5-7,10,14H,3-4,8H2,1-2H3,(H,17,18)/t10-,14+/m0/s1. The van der Waals surface area contributed by atoms with Gasteiger partial charge in [-0.2, -0.15) is 0 Å². The SMILES string of the molecule is CCOc1ccc([C@H]2OC(=O)C[C@@H]2C(=O)O)cc1OCC. The molecular weight excluding hydrogens is 276 g/mol. The molecule has 1 aromatic rings. The number of hydrogen-bond donors (Lipinski definition) is 1. The van der Waals surface area contributed by atoms with Gasteiger partial charge in [0.2, 0.25) is 0 Å². The Labute approximate surface area is 122 Å². The van der Waals surface area contributed by atoms with Crippen molar-refractivity contribution in [2.45, 2.75) is 26.4 Å². The summed E-state index contributed by atoms with van der Waals surface area (Å²) in [4.78, 5) is 22.6. The van der Waals surface area contributed by atoms with Gasteiger partial charge in [0.25, 0.3) is 0 Å². The van der Waals surface area contributed by atoms with E-state index >= 15 is 0 Å². The van der Waals surface area contributed by atoms with Crippen LogP contribution in [0.1, 0.15) is 31.9 Å². The molecule has 1 aliphatic rings. The number of cyclic esters (lactones) is 1. The predicted molar refractivity (Wildman–Crippen MR) is 73.4 cm³/mol. The molecule has 2 rings (SSSR count). The Bertz CT molecular complexity index is 539. The average Bonchev–Trinajstić information content (AvgIpc) is 2.83. The molecule has 0 aromatic heterocycles. The average molecular weight is 294 g/mol. The number of carbonyl (C=O) groups excluding carboxylic acids is 1. The van der Waals surface area contributed by atoms with E-state index in [1.807, 2.05) is 13.8 Å². The van der Waals surface area contributed by atoms with E-state index in [1.54, 1.807) is 18.2 Å². The van der Waals surface area contributed by atoms with E-state index < -0.39 is 24.0 Å². The van der Waals surface area contributed by atoms with Gasteiger partial charge in [0.1, 0.15) is 12.0 Å². The summed E-state index contributed by atoms with van der Waals surface area (Å²) < 4.78 is 16.1. The number of rotatable bonds is 6. The van der Waals surface area contributed by atoms with Crippen LogP contribution in [0.25, 0.3) is 0 Å². The smallest absolute Gasteiger partial charge is 0.311 e. The zero-order valence-electron chi connectivity index (χ0n) is 12.0. The lowest BCUT2D eigenvalue weighted by Crippen LogP contribution is -2.17. The van der Waals surface area contributed by atoms with Crippen LogP contribution in [-0.2, 0) is 14.3 Å². The Hall–Kier alpha value is -2.24. The van der Waals surface area contributed by atoms with Crippen molar-refractivity contribution in [3.05, 3.63) is 23.8 Å². The molecule has 0 aliphatic carbocycles. The first kappa shape index (κ1) is 15.2. The number of hydrogen-bond acceptors (Lipinski definition) is 5. The summed E-state index contributed by atoms with van der Waals surface area (Å²) in [6.07, 6.45) is -0.901. The molecule has 0 radical (unpaired) electrons. The lowest BCUT2D eigenvalue weighted by Gasteiger charge is -2.17. The second-order valence-corrected chi connectivity index (χ2v) is 4.63. The van der Waals surface area contributed by atoms with Crippen molar-refractivity contribution in [1.82, 2.24) is 0 Å². The van der Waals surface area contributed by atoms with E-state index in [1.165, 1.54) is 0 Å². The highest BCUT2D eigenvalue weighted by Crippen LogP contribution is 2.39. The molecule has 0 bridgehead atoms. The summed E-state index contributed by atoms with van der Waals surface area (Å²) in [6, 6.07) is 5.08. The molecule has 1 aromatic carbocycles. The van der Waals surface area contributed by atoms with Gasteiger partial charge in [0.05, 0.1) is 19.6 Å². The Morgan fingerprint density at radius 1 is 1.29 bits per heavy atom. The molecule has 1 N–H and O–H groups in total. The van der Waals surface area contributed by atoms with Crippen molar-refractivity contribution in [1.29, 1.82) is 0 Å². The van der Waals surface area contributed by atoms with Crippen LogP contribution in [0.3, 0.4) is 0 Å². The molecule has 1 saturated heterocycles. The molecular formula is C15H18O6. The van der Waals surface area contributed by atoms with Crippen LogP contribution >= 0.6 is 0 Å². The molecule has 0 amide bonds. The van der Waals surface area contributed by atoms with Gasteiger partial charge in [-0.15, -0.1) is 0 Å². The quantitative estimate of drug-likeness (QED) is 0.810. The highest BCUT2D eigenvalue weighted by Gasteiger charge is 2.41. The van der Waals surface area contributed by atoms with Crippen LogP contribution in [-0.4, -0.2) is 30.3 Å². The van der Waals surface area contributed by atoms with E-state index in [2.05, 4.69) is 0 Å². The molecule has 0 spiro atoms. The normalized spacial score (nSPS) is 21.0. The minimum Gasteiger partial charge on any atom is -0.490 e. The van der Waals surface area contributed by atoms with Gasteiger partial charge in [-0.25, -0.2) is 0 Å². The van der Waals surface area contributed by atoms with Crippen LogP contribution in [0, 0.1) is 5.92 Å². The van der Waals surface area contributed by atoms with Gasteiger partial charge in [-0.1, -0.05) is 6.07 Å². The third-order valence-electron chi connectivity index (χ3n) is 3.22. The van der Waals surface area contributed by atoms with Crippen molar-refractivity contribution >= 4 is 11.9 Å². The van der Waals surface area contributed by atoms with Crippen LogP contribution in [0.5, 0.6) is 11.5 Å². The summed E-state index contributed by atoms with van der Waals surface area (Å²) in [5, 5.41) is 9.19. The molecule has 114 valence electrons. The van der Waals surface area contributed by atoms with E-state index in [0.29, 0.717) is 30.3 Å². The Morgan fingerprint density at radius 2 is 1.95 bits per heavy atom. The highest BCUT2D eigenvalue weighted by atomic mass is 16.6. The maximum absolute atomic E-state index is 11.4. The molecule has 1 fully saturated rings. The van der Waals surface area contributed by atoms with Crippen molar-refractivity contribution in [3.8, 4) is 11.5 Å². The summed E-state index contributed by atoms with van der Waals surface area (Å²) >= 11 is 0. The van der Waals surface area contributed by atoms with Crippen LogP contribution in [0.15, 0.2) is 18.2 Å². The largest absolute Gasteiger partial charge is 0.490 e. The first-order valence-electron chi connectivity index (χ1n) is 6.88. The van der Waals surface area contributed by atoms with E-state index in [4.69, 9.17) is 14.2 Å². The number of esters is 1. The van der Waals surface area contributed by atoms with Gasteiger partial charge < -0.3 is 19.3 Å². The Balaban J connectivity index is 2.32. The molecule has 1 heterocycles. The molecule has 0 unspecified atom stereocenters. The zero-order chi connectivity index (χ0) is 15.4. The number of carbonyl (C=O) groups is 2. The van der Waals surface area contributed by atoms with Gasteiger partial charge in [-0.05, 0) is 31.5 Å². The van der Waals surface area contributed by atoms with Crippen LogP contribution in [0.2, 0.25) is 0 Å². The van der Waals surface area contributed by atoms with Crippen molar-refractivity contribution in [2.24, 2.45) is 5.92 Å². The fourth-order valence-corrected chi connectivity index (χ4v) is 2.32. The van der Waals surface area contributed by atoms with E-state index in [-0.39, 0.29) is 6.42 Å². The summed E-state index contributed by atoms with van der Waals surface area (Å²) in [7, 11) is 0. The van der Waals surface area contributed by atoms with Crippen LogP contribution < -0.4 is 9.47 Å². The Morgan fingerprint density at radius 3 is 2.57 bits per heavy atom. The minimum atomic E-state index is -1.04. The number of benzene rings is 1. The van der Waals surface area contributed by atoms with Crippen molar-refractivity contribution in [3.63, 3.8) is 0 Å². The van der Waals surface area contributed by atoms with Gasteiger partial charge >= 0.3 is 11.9 Å². The van der Waals surface area contributed by atoms with Crippen LogP contribution in [0.4, 0.5) is 0 Å². The topological polar surface area (TPSA) is 82.1 Å². The fourth-order valence-electron chi connectivity index (χ4n) is 2.32. The third kappa shape index (κ3) is 3.26. The highest BCUT2D eigenvalue weighted by molar-refractivity contribution is 5.82. The van der Waals surface area contributed by atoms with E-state index in [0.717, 1.165) is 0 Å². The summed E-state index contributed by atoms with van der Waals surface area (Å²) in [5.74, 6) is -1.31. The summed E-state index contributed by atoms with van der Waals surface area (Å²) in [5.41, 5.74) is 0.597. The molecule has 0 saturated carbocycles. The van der Waals surface area contributed by atoms with Crippen molar-refractivity contribution < 1.29 is 28.9 Å². The molecule has 6 heteroatoms. The first-order chi connectivity index (χ1) is 10.1. The second kappa shape index (κ2) is 6.47. The number of ether oxygens (including phenoxy) is 3. The predicted octanol–water partition coefficient (Wildman–Crippen LogP) is 2.17. The van der Waals surface area contributed by atoms with Gasteiger partial charge in [0, 0.05) is 0 Å². The maximum Gasteiger partial charge on any atom is 0.311 e. The third-order valence-corrected chi connectivity index (χ3v) is 3.22. The maximum atomic E-state index is 11.4. The minimum absolute atomic E-state index is 0.114. The van der Waals surface area contributed by atoms with Gasteiger partial charge in [0.15, 0.2) is 11.5 Å².